The number of rotatable bonds is 5. The molecule has 15 heavy (non-hydrogen) atoms. The van der Waals surface area contributed by atoms with Crippen LogP contribution < -0.4 is 0 Å². The van der Waals surface area contributed by atoms with E-state index in [-0.39, 0.29) is 0 Å². The van der Waals surface area contributed by atoms with Gasteiger partial charge in [0.25, 0.3) is 0 Å². The van der Waals surface area contributed by atoms with Gasteiger partial charge in [0.2, 0.25) is 0 Å². The molecule has 0 aliphatic carbocycles. The Morgan fingerprint density at radius 2 is 1.47 bits per heavy atom. The van der Waals surface area contributed by atoms with Gasteiger partial charge in [-0.3, -0.25) is 4.90 Å². The van der Waals surface area contributed by atoms with E-state index in [1.54, 1.807) is 0 Å². The summed E-state index contributed by atoms with van der Waals surface area (Å²) < 4.78 is 0. The predicted octanol–water partition coefficient (Wildman–Crippen LogP) is 4.57. The average Bonchev–Trinajstić information content (AvgIpc) is 2.13. The Bertz CT molecular complexity index is 122. The Morgan fingerprint density at radius 3 is 1.73 bits per heavy atom. The normalized spacial score (nSPS) is 11.6. The Hall–Kier alpha value is -0.0400. The molecule has 1 heteroatoms. The highest BCUT2D eigenvalue weighted by Crippen LogP contribution is 2.15. The summed E-state index contributed by atoms with van der Waals surface area (Å²) in [4.78, 5) is 2.59. The van der Waals surface area contributed by atoms with E-state index in [1.165, 1.54) is 25.9 Å². The first-order valence-corrected chi connectivity index (χ1v) is 6.63. The molecule has 0 N–H and O–H groups in total. The Balaban J connectivity index is 0. The van der Waals surface area contributed by atoms with Gasteiger partial charge in [-0.1, -0.05) is 34.6 Å². The minimum absolute atomic E-state index is 0.338. The molecule has 0 aliphatic rings. The van der Waals surface area contributed by atoms with Gasteiger partial charge in [-0.15, -0.1) is 0 Å². The molecule has 94 valence electrons. The zero-order chi connectivity index (χ0) is 12.5. The summed E-state index contributed by atoms with van der Waals surface area (Å²) in [6.45, 7) is 20.3. The first kappa shape index (κ1) is 17.4. The third-order valence-corrected chi connectivity index (χ3v) is 2.42. The molecule has 0 amide bonds. The van der Waals surface area contributed by atoms with Crippen molar-refractivity contribution in [1.29, 1.82) is 0 Å². The van der Waals surface area contributed by atoms with Crippen LogP contribution in [0.2, 0.25) is 0 Å². The standard InChI is InChI=1S/C12H27N.C2H6/c1-7-9-13(12(4,5)6)10-8-11(2)3;1-2/h11H,7-10H2,1-6H3;1-2H3. The highest BCUT2D eigenvalue weighted by Gasteiger charge is 2.19. The van der Waals surface area contributed by atoms with Crippen LogP contribution in [0.15, 0.2) is 0 Å². The van der Waals surface area contributed by atoms with Gasteiger partial charge in [0, 0.05) is 5.54 Å². The van der Waals surface area contributed by atoms with Gasteiger partial charge in [-0.05, 0) is 52.6 Å². The molecule has 0 rings (SSSR count). The lowest BCUT2D eigenvalue weighted by atomic mass is 10.0. The third-order valence-electron chi connectivity index (χ3n) is 2.42. The van der Waals surface area contributed by atoms with Crippen LogP contribution in [-0.4, -0.2) is 23.5 Å². The fraction of sp³-hybridized carbons (Fsp3) is 1.00. The number of nitrogens with zero attached hydrogens (tertiary/aromatic N) is 1. The van der Waals surface area contributed by atoms with Gasteiger partial charge in [0.1, 0.15) is 0 Å². The Morgan fingerprint density at radius 1 is 1.00 bits per heavy atom. The second-order valence-electron chi connectivity index (χ2n) is 5.34. The largest absolute Gasteiger partial charge is 0.298 e. The van der Waals surface area contributed by atoms with Crippen molar-refractivity contribution in [2.45, 2.75) is 73.8 Å². The van der Waals surface area contributed by atoms with Crippen molar-refractivity contribution in [3.8, 4) is 0 Å². The van der Waals surface area contributed by atoms with Crippen LogP contribution >= 0.6 is 0 Å². The molecule has 0 aliphatic heterocycles. The van der Waals surface area contributed by atoms with Crippen LogP contribution in [0.4, 0.5) is 0 Å². The maximum absolute atomic E-state index is 2.59. The minimum Gasteiger partial charge on any atom is -0.298 e. The molecule has 0 radical (unpaired) electrons. The molecule has 0 spiro atoms. The Kier molecular flexibility index (Phi) is 10.7. The van der Waals surface area contributed by atoms with E-state index >= 15 is 0 Å². The molecule has 0 aromatic carbocycles. The van der Waals surface area contributed by atoms with Crippen molar-refractivity contribution in [1.82, 2.24) is 4.90 Å². The first-order valence-electron chi connectivity index (χ1n) is 6.63. The molecule has 0 heterocycles. The van der Waals surface area contributed by atoms with Gasteiger partial charge in [-0.25, -0.2) is 0 Å². The summed E-state index contributed by atoms with van der Waals surface area (Å²) >= 11 is 0. The number of hydrogen-bond donors (Lipinski definition) is 0. The van der Waals surface area contributed by atoms with Crippen molar-refractivity contribution in [2.24, 2.45) is 5.92 Å². The smallest absolute Gasteiger partial charge is 0.0125 e. The summed E-state index contributed by atoms with van der Waals surface area (Å²) in [5.74, 6) is 0.821. The van der Waals surface area contributed by atoms with Gasteiger partial charge < -0.3 is 0 Å². The molecule has 0 aromatic rings. The maximum Gasteiger partial charge on any atom is 0.0125 e. The van der Waals surface area contributed by atoms with Crippen LogP contribution in [0.1, 0.15) is 68.2 Å². The Labute approximate surface area is 98.2 Å². The SMILES string of the molecule is CC.CCCN(CCC(C)C)C(C)(C)C. The van der Waals surface area contributed by atoms with E-state index < -0.39 is 0 Å². The summed E-state index contributed by atoms with van der Waals surface area (Å²) in [6.07, 6.45) is 2.58. The highest BCUT2D eigenvalue weighted by atomic mass is 15.2. The molecule has 0 atom stereocenters. The van der Waals surface area contributed by atoms with E-state index in [0.29, 0.717) is 5.54 Å². The van der Waals surface area contributed by atoms with Crippen molar-refractivity contribution in [3.05, 3.63) is 0 Å². The van der Waals surface area contributed by atoms with E-state index in [9.17, 15) is 0 Å². The molecule has 1 nitrogen and oxygen atoms in total. The molecule has 0 saturated carbocycles. The van der Waals surface area contributed by atoms with Crippen molar-refractivity contribution in [2.75, 3.05) is 13.1 Å². The zero-order valence-corrected chi connectivity index (χ0v) is 12.4. The van der Waals surface area contributed by atoms with Gasteiger partial charge in [0.15, 0.2) is 0 Å². The minimum atomic E-state index is 0.338. The zero-order valence-electron chi connectivity index (χ0n) is 12.4. The monoisotopic (exact) mass is 215 g/mol. The van der Waals surface area contributed by atoms with Gasteiger partial charge in [-0.2, -0.15) is 0 Å². The van der Waals surface area contributed by atoms with E-state index in [0.717, 1.165) is 5.92 Å². The lowest BCUT2D eigenvalue weighted by molar-refractivity contribution is 0.129. The summed E-state index contributed by atoms with van der Waals surface area (Å²) in [5, 5.41) is 0. The first-order chi connectivity index (χ1) is 6.88. The van der Waals surface area contributed by atoms with Crippen molar-refractivity contribution in [3.63, 3.8) is 0 Å². The van der Waals surface area contributed by atoms with Gasteiger partial charge in [0.05, 0.1) is 0 Å². The quantitative estimate of drug-likeness (QED) is 0.649. The fourth-order valence-electron chi connectivity index (χ4n) is 1.47. The van der Waals surface area contributed by atoms with E-state index in [2.05, 4.69) is 46.4 Å². The van der Waals surface area contributed by atoms with Crippen LogP contribution in [0.25, 0.3) is 0 Å². The lowest BCUT2D eigenvalue weighted by Crippen LogP contribution is -2.42. The van der Waals surface area contributed by atoms with E-state index in [1.807, 2.05) is 13.8 Å². The van der Waals surface area contributed by atoms with Crippen molar-refractivity contribution >= 4 is 0 Å². The highest BCUT2D eigenvalue weighted by molar-refractivity contribution is 4.75. The molecule has 0 aromatic heterocycles. The summed E-state index contributed by atoms with van der Waals surface area (Å²) in [7, 11) is 0. The summed E-state index contributed by atoms with van der Waals surface area (Å²) in [6, 6.07) is 0. The predicted molar refractivity (Wildman–Crippen MR) is 72.4 cm³/mol. The molecule has 0 bridgehead atoms. The van der Waals surface area contributed by atoms with Crippen LogP contribution in [0, 0.1) is 5.92 Å². The molecular weight excluding hydrogens is 182 g/mol. The topological polar surface area (TPSA) is 3.24 Å². The lowest BCUT2D eigenvalue weighted by Gasteiger charge is -2.36. The van der Waals surface area contributed by atoms with Crippen LogP contribution in [-0.2, 0) is 0 Å². The maximum atomic E-state index is 2.59. The molecule has 0 unspecified atom stereocenters. The fourth-order valence-corrected chi connectivity index (χ4v) is 1.47. The van der Waals surface area contributed by atoms with Crippen molar-refractivity contribution < 1.29 is 0 Å². The third kappa shape index (κ3) is 10.2. The second-order valence-corrected chi connectivity index (χ2v) is 5.34. The molecule has 0 saturated heterocycles. The molecular formula is C14H33N. The second kappa shape index (κ2) is 9.21. The molecule has 0 fully saturated rings. The number of hydrogen-bond acceptors (Lipinski definition) is 1. The summed E-state index contributed by atoms with van der Waals surface area (Å²) in [5.41, 5.74) is 0.338. The van der Waals surface area contributed by atoms with E-state index in [4.69, 9.17) is 0 Å². The van der Waals surface area contributed by atoms with Crippen LogP contribution in [0.3, 0.4) is 0 Å². The van der Waals surface area contributed by atoms with Gasteiger partial charge >= 0.3 is 0 Å². The van der Waals surface area contributed by atoms with Crippen LogP contribution in [0.5, 0.6) is 0 Å². The average molecular weight is 215 g/mol.